The smallest absolute Gasteiger partial charge is 0.310 e. The number of hydrogen-bond acceptors (Lipinski definition) is 3. The molecule has 2 aromatic rings. The molecule has 0 radical (unpaired) electrons. The van der Waals surface area contributed by atoms with Crippen molar-refractivity contribution in [3.63, 3.8) is 0 Å². The maximum Gasteiger partial charge on any atom is 0.310 e. The summed E-state index contributed by atoms with van der Waals surface area (Å²) in [5.74, 6) is -1.10. The van der Waals surface area contributed by atoms with Crippen molar-refractivity contribution in [2.75, 3.05) is 20.7 Å². The highest BCUT2D eigenvalue weighted by Gasteiger charge is 2.27. The second-order valence-electron chi connectivity index (χ2n) is 5.90. The van der Waals surface area contributed by atoms with Gasteiger partial charge < -0.3 is 9.64 Å². The third-order valence-corrected chi connectivity index (χ3v) is 4.04. The van der Waals surface area contributed by atoms with Gasteiger partial charge in [-0.1, -0.05) is 67.6 Å². The van der Waals surface area contributed by atoms with Crippen molar-refractivity contribution in [2.45, 2.75) is 12.8 Å². The molecule has 0 aliphatic carbocycles. The lowest BCUT2D eigenvalue weighted by molar-refractivity contribution is -0.146. The van der Waals surface area contributed by atoms with Gasteiger partial charge in [0.1, 0.15) is 0 Å². The fourth-order valence-corrected chi connectivity index (χ4v) is 2.77. The van der Waals surface area contributed by atoms with Gasteiger partial charge in [-0.15, -0.1) is 0 Å². The molecule has 0 aliphatic rings. The third-order valence-electron chi connectivity index (χ3n) is 4.04. The largest absolute Gasteiger partial charge is 0.469 e. The zero-order chi connectivity index (χ0) is 17.5. The summed E-state index contributed by atoms with van der Waals surface area (Å²) < 4.78 is 4.75. The fraction of sp³-hybridized carbons (Fsp3) is 0.300. The van der Waals surface area contributed by atoms with E-state index in [0.29, 0.717) is 6.54 Å². The first-order chi connectivity index (χ1) is 11.5. The molecule has 2 rings (SSSR count). The highest BCUT2D eigenvalue weighted by atomic mass is 16.5. The Labute approximate surface area is 143 Å². The summed E-state index contributed by atoms with van der Waals surface area (Å²) >= 11 is 0. The van der Waals surface area contributed by atoms with Crippen LogP contribution in [-0.2, 0) is 14.3 Å². The monoisotopic (exact) mass is 325 g/mol. The molecule has 0 N–H and O–H groups in total. The Hall–Kier alpha value is -2.62. The molecule has 4 nitrogen and oxygen atoms in total. The molecule has 0 aromatic heterocycles. The molecule has 0 aliphatic heterocycles. The Kier molecular flexibility index (Phi) is 6.13. The quantitative estimate of drug-likeness (QED) is 0.767. The molecular formula is C20H23NO3. The number of amides is 1. The molecule has 4 heteroatoms. The molecule has 1 unspecified atom stereocenters. The number of esters is 1. The van der Waals surface area contributed by atoms with Crippen molar-refractivity contribution < 1.29 is 14.3 Å². The van der Waals surface area contributed by atoms with E-state index in [9.17, 15) is 9.59 Å². The van der Waals surface area contributed by atoms with E-state index in [1.165, 1.54) is 7.11 Å². The van der Waals surface area contributed by atoms with Gasteiger partial charge in [0.15, 0.2) is 0 Å². The lowest BCUT2D eigenvalue weighted by Crippen LogP contribution is -2.37. The molecule has 2 aromatic carbocycles. The molecule has 0 bridgehead atoms. The van der Waals surface area contributed by atoms with E-state index in [2.05, 4.69) is 0 Å². The Balaban J connectivity index is 2.27. The molecule has 0 spiro atoms. The first-order valence-electron chi connectivity index (χ1n) is 7.97. The van der Waals surface area contributed by atoms with Gasteiger partial charge in [0.25, 0.3) is 0 Å². The zero-order valence-electron chi connectivity index (χ0n) is 14.3. The van der Waals surface area contributed by atoms with Crippen LogP contribution in [0.4, 0.5) is 0 Å². The first kappa shape index (κ1) is 17.7. The second kappa shape index (κ2) is 8.29. The van der Waals surface area contributed by atoms with E-state index >= 15 is 0 Å². The second-order valence-corrected chi connectivity index (χ2v) is 5.90. The van der Waals surface area contributed by atoms with E-state index in [1.807, 2.05) is 60.7 Å². The van der Waals surface area contributed by atoms with Crippen molar-refractivity contribution >= 4 is 11.9 Å². The summed E-state index contributed by atoms with van der Waals surface area (Å²) in [6.45, 7) is 2.08. The average molecular weight is 325 g/mol. The fourth-order valence-electron chi connectivity index (χ4n) is 2.77. The molecule has 0 heterocycles. The van der Waals surface area contributed by atoms with E-state index < -0.39 is 0 Å². The predicted octanol–water partition coefficient (Wildman–Crippen LogP) is 3.09. The van der Waals surface area contributed by atoms with Crippen LogP contribution >= 0.6 is 0 Å². The van der Waals surface area contributed by atoms with Gasteiger partial charge in [-0.2, -0.15) is 0 Å². The molecule has 0 saturated heterocycles. The van der Waals surface area contributed by atoms with Crippen LogP contribution in [0.15, 0.2) is 60.7 Å². The van der Waals surface area contributed by atoms with Crippen LogP contribution < -0.4 is 0 Å². The summed E-state index contributed by atoms with van der Waals surface area (Å²) in [7, 11) is 3.08. The topological polar surface area (TPSA) is 46.6 Å². The number of hydrogen-bond donors (Lipinski definition) is 0. The number of carbonyl (C=O) groups excluding carboxylic acids is 2. The van der Waals surface area contributed by atoms with Crippen LogP contribution in [0.1, 0.15) is 24.0 Å². The number of likely N-dealkylation sites (N-methyl/N-ethyl adjacent to an activating group) is 1. The normalized spacial score (nSPS) is 11.8. The van der Waals surface area contributed by atoms with Gasteiger partial charge in [0, 0.05) is 13.6 Å². The van der Waals surface area contributed by atoms with Gasteiger partial charge in [-0.3, -0.25) is 9.59 Å². The van der Waals surface area contributed by atoms with Crippen LogP contribution in [-0.4, -0.2) is 37.5 Å². The molecule has 0 saturated carbocycles. The lowest BCUT2D eigenvalue weighted by Gasteiger charge is -2.26. The molecular weight excluding hydrogens is 302 g/mol. The van der Waals surface area contributed by atoms with E-state index in [1.54, 1.807) is 18.9 Å². The summed E-state index contributed by atoms with van der Waals surface area (Å²) in [5, 5.41) is 0. The van der Waals surface area contributed by atoms with Crippen molar-refractivity contribution in [2.24, 2.45) is 5.92 Å². The third kappa shape index (κ3) is 4.22. The predicted molar refractivity (Wildman–Crippen MR) is 93.5 cm³/mol. The first-order valence-corrected chi connectivity index (χ1v) is 7.97. The van der Waals surface area contributed by atoms with Crippen LogP contribution in [0, 0.1) is 5.92 Å². The van der Waals surface area contributed by atoms with Gasteiger partial charge in [0.05, 0.1) is 18.9 Å². The minimum atomic E-state index is -0.387. The Morgan fingerprint density at radius 3 is 1.83 bits per heavy atom. The maximum absolute atomic E-state index is 13.1. The summed E-state index contributed by atoms with van der Waals surface area (Å²) in [6.07, 6.45) is 0. The van der Waals surface area contributed by atoms with Crippen LogP contribution in [0.2, 0.25) is 0 Å². The highest BCUT2D eigenvalue weighted by molar-refractivity contribution is 5.87. The van der Waals surface area contributed by atoms with E-state index in [0.717, 1.165) is 11.1 Å². The molecule has 24 heavy (non-hydrogen) atoms. The standard InChI is InChI=1S/C20H23NO3/c1-15(20(23)24-3)14-21(2)19(22)18(16-10-6-4-7-11-16)17-12-8-5-9-13-17/h4-13,15,18H,14H2,1-3H3. The molecule has 1 amide bonds. The highest BCUT2D eigenvalue weighted by Crippen LogP contribution is 2.26. The van der Waals surface area contributed by atoms with Gasteiger partial charge in [-0.05, 0) is 11.1 Å². The number of methoxy groups -OCH3 is 1. The minimum absolute atomic E-state index is 0.0387. The number of rotatable bonds is 6. The van der Waals surface area contributed by atoms with Crippen LogP contribution in [0.25, 0.3) is 0 Å². The Morgan fingerprint density at radius 2 is 1.42 bits per heavy atom. The lowest BCUT2D eigenvalue weighted by atomic mass is 9.90. The summed E-state index contributed by atoms with van der Waals surface area (Å²) in [4.78, 5) is 26.3. The summed E-state index contributed by atoms with van der Waals surface area (Å²) in [6, 6.07) is 19.4. The van der Waals surface area contributed by atoms with Gasteiger partial charge >= 0.3 is 5.97 Å². The average Bonchev–Trinajstić information content (AvgIpc) is 2.62. The molecule has 126 valence electrons. The number of ether oxygens (including phenoxy) is 1. The maximum atomic E-state index is 13.1. The van der Waals surface area contributed by atoms with E-state index in [4.69, 9.17) is 4.74 Å². The number of benzene rings is 2. The molecule has 0 fully saturated rings. The van der Waals surface area contributed by atoms with Crippen molar-refractivity contribution in [3.8, 4) is 0 Å². The van der Waals surface area contributed by atoms with E-state index in [-0.39, 0.29) is 23.7 Å². The van der Waals surface area contributed by atoms with Crippen LogP contribution in [0.3, 0.4) is 0 Å². The zero-order valence-corrected chi connectivity index (χ0v) is 14.3. The Morgan fingerprint density at radius 1 is 0.958 bits per heavy atom. The SMILES string of the molecule is COC(=O)C(C)CN(C)C(=O)C(c1ccccc1)c1ccccc1. The van der Waals surface area contributed by atoms with Crippen LogP contribution in [0.5, 0.6) is 0 Å². The van der Waals surface area contributed by atoms with Crippen molar-refractivity contribution in [1.29, 1.82) is 0 Å². The summed E-state index contributed by atoms with van der Waals surface area (Å²) in [5.41, 5.74) is 1.87. The number of nitrogens with zero attached hydrogens (tertiary/aromatic N) is 1. The van der Waals surface area contributed by atoms with Gasteiger partial charge in [-0.25, -0.2) is 0 Å². The Bertz CT molecular complexity index is 630. The minimum Gasteiger partial charge on any atom is -0.469 e. The van der Waals surface area contributed by atoms with Crippen molar-refractivity contribution in [1.82, 2.24) is 4.90 Å². The van der Waals surface area contributed by atoms with Crippen molar-refractivity contribution in [3.05, 3.63) is 71.8 Å². The number of carbonyl (C=O) groups is 2. The molecule has 1 atom stereocenters. The van der Waals surface area contributed by atoms with Gasteiger partial charge in [0.2, 0.25) is 5.91 Å².